The third-order valence-corrected chi connectivity index (χ3v) is 7.18. The summed E-state index contributed by atoms with van der Waals surface area (Å²) in [5, 5.41) is 22.2. The maximum absolute atomic E-state index is 12.5. The van der Waals surface area contributed by atoms with Crippen LogP contribution >= 0.6 is 7.37 Å². The van der Waals surface area contributed by atoms with Gasteiger partial charge in [-0.2, -0.15) is 0 Å². The zero-order chi connectivity index (χ0) is 19.9. The van der Waals surface area contributed by atoms with Gasteiger partial charge >= 0.3 is 5.97 Å². The van der Waals surface area contributed by atoms with Gasteiger partial charge < -0.3 is 20.4 Å². The molecule has 152 valence electrons. The minimum absolute atomic E-state index is 0.0934. The molecule has 2 unspecified atom stereocenters. The van der Waals surface area contributed by atoms with Gasteiger partial charge in [-0.1, -0.05) is 19.3 Å². The topological polar surface area (TPSA) is 120 Å². The first kappa shape index (κ1) is 22.0. The Morgan fingerprint density at radius 1 is 1.37 bits per heavy atom. The SMILES string of the molecule is CC(NC[C@H](O)CP(=O)(O)CC1CCCCC1)c1ccnc(CC(=O)O)c1. The predicted molar refractivity (Wildman–Crippen MR) is 104 cm³/mol. The maximum Gasteiger partial charge on any atom is 0.309 e. The number of carboxylic acids is 1. The number of carboxylic acid groups (broad SMARTS) is 1. The molecule has 0 amide bonds. The summed E-state index contributed by atoms with van der Waals surface area (Å²) in [5.41, 5.74) is 1.34. The van der Waals surface area contributed by atoms with Crippen molar-refractivity contribution in [2.75, 3.05) is 18.9 Å². The number of hydrogen-bond acceptors (Lipinski definition) is 5. The molecule has 3 atom stereocenters. The lowest BCUT2D eigenvalue weighted by Crippen LogP contribution is -2.32. The van der Waals surface area contributed by atoms with Crippen molar-refractivity contribution in [2.45, 2.75) is 57.6 Å². The third-order valence-electron chi connectivity index (χ3n) is 5.10. The van der Waals surface area contributed by atoms with Crippen LogP contribution < -0.4 is 5.32 Å². The zero-order valence-corrected chi connectivity index (χ0v) is 16.8. The van der Waals surface area contributed by atoms with Gasteiger partial charge in [0.05, 0.1) is 24.4 Å². The second-order valence-corrected chi connectivity index (χ2v) is 10.1. The molecule has 1 saturated carbocycles. The van der Waals surface area contributed by atoms with E-state index in [9.17, 15) is 19.4 Å². The fourth-order valence-electron chi connectivity index (χ4n) is 3.69. The van der Waals surface area contributed by atoms with E-state index in [4.69, 9.17) is 5.11 Å². The first-order valence-electron chi connectivity index (χ1n) is 9.64. The predicted octanol–water partition coefficient (Wildman–Crippen LogP) is 2.57. The van der Waals surface area contributed by atoms with Crippen LogP contribution in [0.2, 0.25) is 0 Å². The molecule has 2 rings (SSSR count). The monoisotopic (exact) mass is 398 g/mol. The number of carbonyl (C=O) groups is 1. The van der Waals surface area contributed by atoms with Gasteiger partial charge in [0.2, 0.25) is 7.37 Å². The summed E-state index contributed by atoms with van der Waals surface area (Å²) in [6.07, 6.45) is 6.22. The highest BCUT2D eigenvalue weighted by molar-refractivity contribution is 7.58. The second-order valence-electron chi connectivity index (χ2n) is 7.65. The van der Waals surface area contributed by atoms with E-state index in [-0.39, 0.29) is 25.2 Å². The quantitative estimate of drug-likeness (QED) is 0.447. The molecule has 0 aliphatic heterocycles. The Morgan fingerprint density at radius 3 is 2.74 bits per heavy atom. The summed E-state index contributed by atoms with van der Waals surface area (Å²) in [4.78, 5) is 25.1. The number of aromatic nitrogens is 1. The van der Waals surface area contributed by atoms with Crippen molar-refractivity contribution < 1.29 is 24.5 Å². The summed E-state index contributed by atoms with van der Waals surface area (Å²) in [6.45, 7) is 2.10. The summed E-state index contributed by atoms with van der Waals surface area (Å²) >= 11 is 0. The number of nitrogens with zero attached hydrogens (tertiary/aromatic N) is 1. The molecule has 1 fully saturated rings. The van der Waals surface area contributed by atoms with E-state index in [0.29, 0.717) is 17.8 Å². The molecule has 0 aromatic carbocycles. The van der Waals surface area contributed by atoms with Gasteiger partial charge in [-0.15, -0.1) is 0 Å². The smallest absolute Gasteiger partial charge is 0.309 e. The van der Waals surface area contributed by atoms with E-state index in [0.717, 1.165) is 31.2 Å². The normalized spacial score (nSPS) is 20.0. The van der Waals surface area contributed by atoms with Crippen molar-refractivity contribution in [3.05, 3.63) is 29.6 Å². The van der Waals surface area contributed by atoms with Crippen LogP contribution in [0.5, 0.6) is 0 Å². The molecular formula is C19H31N2O5P. The van der Waals surface area contributed by atoms with E-state index in [1.165, 1.54) is 6.42 Å². The second kappa shape index (κ2) is 10.3. The minimum Gasteiger partial charge on any atom is -0.481 e. The van der Waals surface area contributed by atoms with Crippen LogP contribution in [0.1, 0.15) is 56.3 Å². The lowest BCUT2D eigenvalue weighted by Gasteiger charge is -2.25. The Kier molecular flexibility index (Phi) is 8.42. The number of aliphatic carboxylic acids is 1. The van der Waals surface area contributed by atoms with Gasteiger partial charge in [-0.05, 0) is 43.4 Å². The number of aliphatic hydroxyl groups excluding tert-OH is 1. The van der Waals surface area contributed by atoms with Gasteiger partial charge in [0.15, 0.2) is 0 Å². The van der Waals surface area contributed by atoms with Crippen molar-refractivity contribution in [1.82, 2.24) is 10.3 Å². The maximum atomic E-state index is 12.5. The van der Waals surface area contributed by atoms with Crippen LogP contribution in [-0.4, -0.2) is 51.0 Å². The number of aliphatic hydroxyl groups is 1. The van der Waals surface area contributed by atoms with Crippen molar-refractivity contribution >= 4 is 13.3 Å². The average Bonchev–Trinajstić information content (AvgIpc) is 2.59. The van der Waals surface area contributed by atoms with Crippen LogP contribution in [0.15, 0.2) is 18.3 Å². The van der Waals surface area contributed by atoms with Crippen LogP contribution in [0.25, 0.3) is 0 Å². The molecule has 1 aliphatic rings. The van der Waals surface area contributed by atoms with Gasteiger partial charge in [-0.3, -0.25) is 14.3 Å². The molecule has 0 spiro atoms. The Labute approximate surface area is 160 Å². The van der Waals surface area contributed by atoms with Crippen LogP contribution in [0.3, 0.4) is 0 Å². The van der Waals surface area contributed by atoms with E-state index in [1.807, 2.05) is 6.92 Å². The molecule has 1 aromatic rings. The Hall–Kier alpha value is -1.27. The third kappa shape index (κ3) is 8.09. The lowest BCUT2D eigenvalue weighted by atomic mass is 9.91. The lowest BCUT2D eigenvalue weighted by molar-refractivity contribution is -0.136. The van der Waals surface area contributed by atoms with Crippen LogP contribution in [-0.2, 0) is 15.8 Å². The number of rotatable bonds is 10. The Morgan fingerprint density at radius 2 is 2.07 bits per heavy atom. The number of nitrogens with one attached hydrogen (secondary N) is 1. The molecule has 0 saturated heterocycles. The highest BCUT2D eigenvalue weighted by atomic mass is 31.2. The van der Waals surface area contributed by atoms with Crippen molar-refractivity contribution in [2.24, 2.45) is 5.92 Å². The highest BCUT2D eigenvalue weighted by Crippen LogP contribution is 2.45. The molecule has 7 nitrogen and oxygen atoms in total. The molecule has 8 heteroatoms. The number of hydrogen-bond donors (Lipinski definition) is 4. The Bertz CT molecular complexity index is 663. The van der Waals surface area contributed by atoms with E-state index >= 15 is 0 Å². The number of pyridine rings is 1. The van der Waals surface area contributed by atoms with Gasteiger partial charge in [-0.25, -0.2) is 0 Å². The zero-order valence-electron chi connectivity index (χ0n) is 15.9. The van der Waals surface area contributed by atoms with Crippen molar-refractivity contribution in [3.63, 3.8) is 0 Å². The van der Waals surface area contributed by atoms with Gasteiger partial charge in [0.25, 0.3) is 0 Å². The fourth-order valence-corrected chi connectivity index (χ4v) is 5.80. The van der Waals surface area contributed by atoms with Gasteiger partial charge in [0.1, 0.15) is 0 Å². The Balaban J connectivity index is 1.80. The molecular weight excluding hydrogens is 367 g/mol. The molecule has 27 heavy (non-hydrogen) atoms. The molecule has 1 aliphatic carbocycles. The largest absolute Gasteiger partial charge is 0.481 e. The average molecular weight is 398 g/mol. The van der Waals surface area contributed by atoms with E-state index in [1.54, 1.807) is 18.3 Å². The molecule has 1 heterocycles. The fraction of sp³-hybridized carbons (Fsp3) is 0.684. The molecule has 0 radical (unpaired) electrons. The standard InChI is InChI=1S/C19H31N2O5P/c1-14(16-7-8-20-17(9-16)10-19(23)24)21-11-18(22)13-27(25,26)12-15-5-3-2-4-6-15/h7-9,14-15,18,21-22H,2-6,10-13H2,1H3,(H,23,24)(H,25,26)/t14?,18-/m0/s1. The molecule has 0 bridgehead atoms. The first-order chi connectivity index (χ1) is 12.7. The van der Waals surface area contributed by atoms with E-state index in [2.05, 4.69) is 10.3 Å². The van der Waals surface area contributed by atoms with Crippen molar-refractivity contribution in [1.29, 1.82) is 0 Å². The van der Waals surface area contributed by atoms with E-state index < -0.39 is 19.4 Å². The van der Waals surface area contributed by atoms with Crippen LogP contribution in [0, 0.1) is 5.92 Å². The summed E-state index contributed by atoms with van der Waals surface area (Å²) in [7, 11) is -3.34. The summed E-state index contributed by atoms with van der Waals surface area (Å²) in [5.74, 6) is -0.634. The first-order valence-corrected chi connectivity index (χ1v) is 11.7. The summed E-state index contributed by atoms with van der Waals surface area (Å²) < 4.78 is 12.5. The van der Waals surface area contributed by atoms with Crippen LogP contribution in [0.4, 0.5) is 0 Å². The highest BCUT2D eigenvalue weighted by Gasteiger charge is 2.28. The molecule has 1 aromatic heterocycles. The molecule has 4 N–H and O–H groups in total. The van der Waals surface area contributed by atoms with Gasteiger partial charge in [0, 0.05) is 24.9 Å². The minimum atomic E-state index is -3.34. The summed E-state index contributed by atoms with van der Waals surface area (Å²) in [6, 6.07) is 3.37. The van der Waals surface area contributed by atoms with Crippen molar-refractivity contribution in [3.8, 4) is 0 Å².